The van der Waals surface area contributed by atoms with Gasteiger partial charge in [-0.15, -0.1) is 0 Å². The van der Waals surface area contributed by atoms with E-state index in [4.69, 9.17) is 0 Å². The van der Waals surface area contributed by atoms with E-state index in [0.29, 0.717) is 5.92 Å². The topological polar surface area (TPSA) is 17.1 Å². The van der Waals surface area contributed by atoms with Gasteiger partial charge in [0.1, 0.15) is 6.29 Å². The third kappa shape index (κ3) is 5.62. The molecule has 1 atom stereocenters. The summed E-state index contributed by atoms with van der Waals surface area (Å²) in [4.78, 5) is 10.2. The van der Waals surface area contributed by atoms with Crippen LogP contribution >= 0.6 is 0 Å². The fourth-order valence-electron chi connectivity index (χ4n) is 1.51. The lowest BCUT2D eigenvalue weighted by molar-refractivity contribution is -0.108. The quantitative estimate of drug-likeness (QED) is 0.469. The van der Waals surface area contributed by atoms with Crippen molar-refractivity contribution < 1.29 is 4.79 Å². The molecule has 0 fully saturated rings. The SMILES string of the molecule is CC1=CCCCC1CC=O.CCC. The summed E-state index contributed by atoms with van der Waals surface area (Å²) in [6.45, 7) is 6.38. The minimum atomic E-state index is 0.561. The van der Waals surface area contributed by atoms with Crippen LogP contribution < -0.4 is 0 Å². The first-order valence-corrected chi connectivity index (χ1v) is 5.36. The Bertz CT molecular complexity index is 159. The molecule has 1 aliphatic rings. The molecule has 1 nitrogen and oxygen atoms in total. The highest BCUT2D eigenvalue weighted by atomic mass is 16.1. The van der Waals surface area contributed by atoms with Gasteiger partial charge in [0.15, 0.2) is 0 Å². The Morgan fingerprint density at radius 3 is 2.62 bits per heavy atom. The molecule has 0 spiro atoms. The summed E-state index contributed by atoms with van der Waals surface area (Å²) in [5.74, 6) is 0.561. The predicted molar refractivity (Wildman–Crippen MR) is 57.7 cm³/mol. The highest BCUT2D eigenvalue weighted by Gasteiger charge is 2.12. The third-order valence-corrected chi connectivity index (χ3v) is 2.25. The van der Waals surface area contributed by atoms with Gasteiger partial charge in [-0.25, -0.2) is 0 Å². The molecule has 1 unspecified atom stereocenters. The second kappa shape index (κ2) is 8.03. The average molecular weight is 182 g/mol. The van der Waals surface area contributed by atoms with Crippen LogP contribution in [0.25, 0.3) is 0 Å². The maximum atomic E-state index is 10.2. The Hall–Kier alpha value is -0.590. The molecule has 0 saturated carbocycles. The summed E-state index contributed by atoms with van der Waals surface area (Å²) in [5.41, 5.74) is 1.42. The van der Waals surface area contributed by atoms with E-state index in [0.717, 1.165) is 12.7 Å². The molecule has 1 aliphatic carbocycles. The summed E-state index contributed by atoms with van der Waals surface area (Å²) < 4.78 is 0. The van der Waals surface area contributed by atoms with Crippen molar-refractivity contribution in [2.45, 2.75) is 52.9 Å². The lowest BCUT2D eigenvalue weighted by Gasteiger charge is -2.18. The number of allylic oxidation sites excluding steroid dienone is 2. The first-order chi connectivity index (χ1) is 6.26. The highest BCUT2D eigenvalue weighted by molar-refractivity contribution is 5.50. The van der Waals surface area contributed by atoms with Crippen LogP contribution in [-0.4, -0.2) is 6.29 Å². The van der Waals surface area contributed by atoms with Gasteiger partial charge >= 0.3 is 0 Å². The van der Waals surface area contributed by atoms with Gasteiger partial charge in [0.2, 0.25) is 0 Å². The lowest BCUT2D eigenvalue weighted by Crippen LogP contribution is -2.06. The van der Waals surface area contributed by atoms with E-state index in [2.05, 4.69) is 26.8 Å². The molecule has 0 aliphatic heterocycles. The lowest BCUT2D eigenvalue weighted by atomic mass is 9.87. The maximum Gasteiger partial charge on any atom is 0.120 e. The first kappa shape index (κ1) is 12.4. The van der Waals surface area contributed by atoms with Crippen molar-refractivity contribution in [1.29, 1.82) is 0 Å². The smallest absolute Gasteiger partial charge is 0.120 e. The molecule has 0 aromatic carbocycles. The van der Waals surface area contributed by atoms with Gasteiger partial charge in [-0.3, -0.25) is 0 Å². The van der Waals surface area contributed by atoms with E-state index < -0.39 is 0 Å². The van der Waals surface area contributed by atoms with Gasteiger partial charge in [0, 0.05) is 6.42 Å². The first-order valence-electron chi connectivity index (χ1n) is 5.36. The van der Waals surface area contributed by atoms with Gasteiger partial charge in [-0.2, -0.15) is 0 Å². The van der Waals surface area contributed by atoms with Crippen LogP contribution in [-0.2, 0) is 4.79 Å². The van der Waals surface area contributed by atoms with E-state index in [-0.39, 0.29) is 0 Å². The van der Waals surface area contributed by atoms with Crippen molar-refractivity contribution in [2.24, 2.45) is 5.92 Å². The molecule has 0 bridgehead atoms. The molecule has 0 saturated heterocycles. The average Bonchev–Trinajstić information content (AvgIpc) is 2.11. The summed E-state index contributed by atoms with van der Waals surface area (Å²) >= 11 is 0. The normalized spacial score (nSPS) is 21.2. The molecule has 13 heavy (non-hydrogen) atoms. The van der Waals surface area contributed by atoms with Crippen molar-refractivity contribution in [3.63, 3.8) is 0 Å². The molecule has 0 N–H and O–H groups in total. The number of rotatable bonds is 2. The van der Waals surface area contributed by atoms with Gasteiger partial charge in [0.25, 0.3) is 0 Å². The summed E-state index contributed by atoms with van der Waals surface area (Å²) in [5, 5.41) is 0. The minimum Gasteiger partial charge on any atom is -0.303 e. The van der Waals surface area contributed by atoms with Crippen LogP contribution in [0.5, 0.6) is 0 Å². The van der Waals surface area contributed by atoms with Crippen LogP contribution in [0, 0.1) is 5.92 Å². The van der Waals surface area contributed by atoms with Crippen molar-refractivity contribution >= 4 is 6.29 Å². The molecule has 0 aromatic heterocycles. The molecule has 76 valence electrons. The number of hydrogen-bond donors (Lipinski definition) is 0. The molecule has 0 aromatic rings. The zero-order valence-electron chi connectivity index (χ0n) is 9.18. The maximum absolute atomic E-state index is 10.2. The standard InChI is InChI=1S/C9H14O.C3H8/c1-8-4-2-3-5-9(8)6-7-10;1-3-2/h4,7,9H,2-3,5-6H2,1H3;3H2,1-2H3. The zero-order chi connectivity index (χ0) is 10.1. The monoisotopic (exact) mass is 182 g/mol. The predicted octanol–water partition coefficient (Wildman–Crippen LogP) is 3.74. The molecule has 1 heteroatoms. The number of carbonyl (C=O) groups is 1. The summed E-state index contributed by atoms with van der Waals surface area (Å²) in [6, 6.07) is 0. The van der Waals surface area contributed by atoms with Crippen LogP contribution in [0.1, 0.15) is 52.9 Å². The van der Waals surface area contributed by atoms with Gasteiger partial charge in [-0.1, -0.05) is 31.9 Å². The third-order valence-electron chi connectivity index (χ3n) is 2.25. The molecule has 0 radical (unpaired) electrons. The molecule has 0 heterocycles. The second-order valence-electron chi connectivity index (χ2n) is 3.69. The number of carbonyl (C=O) groups excluding carboxylic acids is 1. The summed E-state index contributed by atoms with van der Waals surface area (Å²) in [7, 11) is 0. The minimum absolute atomic E-state index is 0.561. The van der Waals surface area contributed by atoms with Crippen molar-refractivity contribution in [2.75, 3.05) is 0 Å². The van der Waals surface area contributed by atoms with Crippen LogP contribution in [0.4, 0.5) is 0 Å². The Balaban J connectivity index is 0.000000424. The Labute approximate surface area is 82.2 Å². The fourth-order valence-corrected chi connectivity index (χ4v) is 1.51. The zero-order valence-corrected chi connectivity index (χ0v) is 9.18. The molecular formula is C12H22O. The van der Waals surface area contributed by atoms with Crippen molar-refractivity contribution in [1.82, 2.24) is 0 Å². The number of aldehydes is 1. The Morgan fingerprint density at radius 1 is 1.54 bits per heavy atom. The molecular weight excluding hydrogens is 160 g/mol. The van der Waals surface area contributed by atoms with Gasteiger partial charge in [-0.05, 0) is 32.1 Å². The van der Waals surface area contributed by atoms with E-state index in [1.165, 1.54) is 31.3 Å². The molecule has 1 rings (SSSR count). The van der Waals surface area contributed by atoms with Crippen LogP contribution in [0.3, 0.4) is 0 Å². The highest BCUT2D eigenvalue weighted by Crippen LogP contribution is 2.25. The number of hydrogen-bond acceptors (Lipinski definition) is 1. The Morgan fingerprint density at radius 2 is 2.15 bits per heavy atom. The summed E-state index contributed by atoms with van der Waals surface area (Å²) in [6.07, 6.45) is 8.95. The fraction of sp³-hybridized carbons (Fsp3) is 0.750. The van der Waals surface area contributed by atoms with E-state index in [9.17, 15) is 4.79 Å². The molecule has 0 amide bonds. The van der Waals surface area contributed by atoms with Gasteiger partial charge < -0.3 is 4.79 Å². The van der Waals surface area contributed by atoms with Crippen molar-refractivity contribution in [3.8, 4) is 0 Å². The largest absolute Gasteiger partial charge is 0.303 e. The van der Waals surface area contributed by atoms with E-state index in [1.54, 1.807) is 0 Å². The van der Waals surface area contributed by atoms with Crippen LogP contribution in [0.15, 0.2) is 11.6 Å². The van der Waals surface area contributed by atoms with Crippen molar-refractivity contribution in [3.05, 3.63) is 11.6 Å². The Kier molecular flexibility index (Phi) is 7.66. The van der Waals surface area contributed by atoms with Gasteiger partial charge in [0.05, 0.1) is 0 Å². The second-order valence-corrected chi connectivity index (χ2v) is 3.69. The van der Waals surface area contributed by atoms with Crippen LogP contribution in [0.2, 0.25) is 0 Å². The van der Waals surface area contributed by atoms with E-state index in [1.807, 2.05) is 0 Å². The van der Waals surface area contributed by atoms with E-state index >= 15 is 0 Å².